The summed E-state index contributed by atoms with van der Waals surface area (Å²) in [5, 5.41) is 5.07. The van der Waals surface area contributed by atoms with Gasteiger partial charge in [0.15, 0.2) is 0 Å². The molecule has 2 amide bonds. The Hall–Kier alpha value is -2.47. The van der Waals surface area contributed by atoms with Crippen molar-refractivity contribution in [3.8, 4) is 0 Å². The first kappa shape index (κ1) is 18.9. The van der Waals surface area contributed by atoms with Crippen LogP contribution >= 0.6 is 11.3 Å². The van der Waals surface area contributed by atoms with Crippen LogP contribution in [-0.4, -0.2) is 41.3 Å². The average Bonchev–Trinajstić information content (AvgIpc) is 3.16. The minimum atomic E-state index is 0.0697. The zero-order valence-corrected chi connectivity index (χ0v) is 16.7. The van der Waals surface area contributed by atoms with E-state index >= 15 is 0 Å². The highest BCUT2D eigenvalue weighted by Gasteiger charge is 2.58. The van der Waals surface area contributed by atoms with Crippen LogP contribution in [0.25, 0.3) is 6.08 Å². The fourth-order valence-electron chi connectivity index (χ4n) is 4.07. The molecule has 2 aromatic rings. The van der Waals surface area contributed by atoms with E-state index in [4.69, 9.17) is 0 Å². The first-order chi connectivity index (χ1) is 13.7. The van der Waals surface area contributed by atoms with Gasteiger partial charge >= 0.3 is 0 Å². The molecule has 0 bridgehead atoms. The topological polar surface area (TPSA) is 62.3 Å². The monoisotopic (exact) mass is 395 g/mol. The Kier molecular flexibility index (Phi) is 5.57. The Morgan fingerprint density at radius 3 is 2.82 bits per heavy atom. The van der Waals surface area contributed by atoms with Gasteiger partial charge in [-0.2, -0.15) is 0 Å². The minimum Gasteiger partial charge on any atom is -0.355 e. The lowest BCUT2D eigenvalue weighted by Gasteiger charge is -2.32. The van der Waals surface area contributed by atoms with E-state index in [1.54, 1.807) is 23.6 Å². The number of aromatic nitrogens is 1. The van der Waals surface area contributed by atoms with Gasteiger partial charge in [-0.25, -0.2) is 0 Å². The summed E-state index contributed by atoms with van der Waals surface area (Å²) in [4.78, 5) is 32.1. The molecule has 1 aliphatic heterocycles. The number of piperidine rings is 1. The van der Waals surface area contributed by atoms with Gasteiger partial charge in [0.05, 0.1) is 0 Å². The molecule has 146 valence electrons. The second-order valence-electron chi connectivity index (χ2n) is 7.66. The van der Waals surface area contributed by atoms with E-state index in [9.17, 15) is 9.59 Å². The first-order valence-electron chi connectivity index (χ1n) is 9.84. The molecule has 0 aromatic carbocycles. The van der Waals surface area contributed by atoms with Crippen LogP contribution in [0, 0.1) is 11.3 Å². The van der Waals surface area contributed by atoms with Crippen LogP contribution in [0.5, 0.6) is 0 Å². The molecule has 1 saturated heterocycles. The highest BCUT2D eigenvalue weighted by atomic mass is 32.1. The number of carbonyl (C=O) groups excluding carboxylic acids is 2. The number of carbonyl (C=O) groups is 2. The highest BCUT2D eigenvalue weighted by molar-refractivity contribution is 7.10. The van der Waals surface area contributed by atoms with Crippen molar-refractivity contribution in [3.05, 3.63) is 58.6 Å². The number of nitrogens with zero attached hydrogens (tertiary/aromatic N) is 2. The summed E-state index contributed by atoms with van der Waals surface area (Å²) in [6.07, 6.45) is 8.87. The van der Waals surface area contributed by atoms with Crippen molar-refractivity contribution >= 4 is 29.2 Å². The molecule has 4 rings (SSSR count). The first-order valence-corrected chi connectivity index (χ1v) is 10.7. The zero-order chi connectivity index (χ0) is 19.4. The third-order valence-electron chi connectivity index (χ3n) is 5.92. The van der Waals surface area contributed by atoms with Gasteiger partial charge in [0.2, 0.25) is 11.8 Å². The fraction of sp³-hybridized carbons (Fsp3) is 0.409. The van der Waals surface area contributed by atoms with Crippen molar-refractivity contribution in [1.82, 2.24) is 15.2 Å². The lowest BCUT2D eigenvalue weighted by Crippen LogP contribution is -2.40. The Morgan fingerprint density at radius 2 is 2.11 bits per heavy atom. The van der Waals surface area contributed by atoms with Gasteiger partial charge in [-0.15, -0.1) is 11.3 Å². The van der Waals surface area contributed by atoms with Gasteiger partial charge in [0.1, 0.15) is 0 Å². The number of thiophene rings is 1. The molecule has 2 fully saturated rings. The molecule has 6 heteroatoms. The third kappa shape index (κ3) is 4.33. The lowest BCUT2D eigenvalue weighted by molar-refractivity contribution is -0.127. The minimum absolute atomic E-state index is 0.0697. The van der Waals surface area contributed by atoms with Gasteiger partial charge in [-0.1, -0.05) is 12.1 Å². The van der Waals surface area contributed by atoms with Crippen molar-refractivity contribution in [2.45, 2.75) is 25.7 Å². The average molecular weight is 396 g/mol. The summed E-state index contributed by atoms with van der Waals surface area (Å²) < 4.78 is 0. The zero-order valence-electron chi connectivity index (χ0n) is 15.8. The normalized spacial score (nSPS) is 20.4. The molecule has 1 saturated carbocycles. The second-order valence-corrected chi connectivity index (χ2v) is 8.63. The second kappa shape index (κ2) is 8.27. The van der Waals surface area contributed by atoms with Crippen molar-refractivity contribution in [2.75, 3.05) is 19.6 Å². The molecule has 0 radical (unpaired) electrons. The molecule has 28 heavy (non-hydrogen) atoms. The summed E-state index contributed by atoms with van der Waals surface area (Å²) in [5.41, 5.74) is 1.11. The van der Waals surface area contributed by atoms with Crippen LogP contribution < -0.4 is 5.32 Å². The van der Waals surface area contributed by atoms with E-state index in [0.29, 0.717) is 6.54 Å². The number of hydrogen-bond donors (Lipinski definition) is 1. The standard InChI is InChI=1S/C22H25N3O2S/c26-20(7-6-18-5-3-15-28-18)25-13-9-22(10-14-25)16-19(22)21(27)24-12-8-17-4-1-2-11-23-17/h1-7,11,15,19H,8-10,12-14,16H2,(H,24,27)/b7-6+. The van der Waals surface area contributed by atoms with Gasteiger partial charge in [-0.3, -0.25) is 14.6 Å². The lowest BCUT2D eigenvalue weighted by atomic mass is 9.90. The van der Waals surface area contributed by atoms with E-state index in [0.717, 1.165) is 49.3 Å². The molecule has 1 atom stereocenters. The number of likely N-dealkylation sites (tertiary alicyclic amines) is 1. The van der Waals surface area contributed by atoms with Crippen molar-refractivity contribution in [3.63, 3.8) is 0 Å². The summed E-state index contributed by atoms with van der Waals surface area (Å²) in [6, 6.07) is 9.81. The maximum Gasteiger partial charge on any atom is 0.246 e. The molecular formula is C22H25N3O2S. The van der Waals surface area contributed by atoms with E-state index in [1.807, 2.05) is 46.7 Å². The van der Waals surface area contributed by atoms with E-state index in [2.05, 4.69) is 10.3 Å². The summed E-state index contributed by atoms with van der Waals surface area (Å²) >= 11 is 1.62. The largest absolute Gasteiger partial charge is 0.355 e. The SMILES string of the molecule is O=C(NCCc1ccccn1)C1CC12CCN(C(=O)/C=C/c1cccs1)CC2. The molecule has 2 aromatic heterocycles. The van der Waals surface area contributed by atoms with Crippen LogP contribution in [0.4, 0.5) is 0 Å². The van der Waals surface area contributed by atoms with Crippen molar-refractivity contribution in [2.24, 2.45) is 11.3 Å². The Labute approximate surface area is 169 Å². The Bertz CT molecular complexity index is 840. The molecular weight excluding hydrogens is 370 g/mol. The van der Waals surface area contributed by atoms with Crippen LogP contribution in [0.15, 0.2) is 48.0 Å². The molecule has 1 aliphatic carbocycles. The van der Waals surface area contributed by atoms with Gasteiger partial charge in [0, 0.05) is 54.8 Å². The van der Waals surface area contributed by atoms with Gasteiger partial charge in [0.25, 0.3) is 0 Å². The Morgan fingerprint density at radius 1 is 1.25 bits per heavy atom. The van der Waals surface area contributed by atoms with Crippen LogP contribution in [0.3, 0.4) is 0 Å². The smallest absolute Gasteiger partial charge is 0.246 e. The number of hydrogen-bond acceptors (Lipinski definition) is 4. The summed E-state index contributed by atoms with van der Waals surface area (Å²) in [7, 11) is 0. The predicted octanol–water partition coefficient (Wildman–Crippen LogP) is 3.14. The fourth-order valence-corrected chi connectivity index (χ4v) is 4.69. The summed E-state index contributed by atoms with van der Waals surface area (Å²) in [6.45, 7) is 2.11. The Balaban J connectivity index is 1.20. The van der Waals surface area contributed by atoms with Crippen LogP contribution in [-0.2, 0) is 16.0 Å². The van der Waals surface area contributed by atoms with E-state index < -0.39 is 0 Å². The van der Waals surface area contributed by atoms with Gasteiger partial charge in [-0.05, 0) is 54.3 Å². The molecule has 1 N–H and O–H groups in total. The predicted molar refractivity (Wildman–Crippen MR) is 111 cm³/mol. The maximum absolute atomic E-state index is 12.5. The number of rotatable bonds is 6. The third-order valence-corrected chi connectivity index (χ3v) is 6.75. The molecule has 1 spiro atoms. The van der Waals surface area contributed by atoms with Gasteiger partial charge < -0.3 is 10.2 Å². The summed E-state index contributed by atoms with van der Waals surface area (Å²) in [5.74, 6) is 0.337. The number of nitrogens with one attached hydrogen (secondary N) is 1. The molecule has 2 aliphatic rings. The molecule has 1 unspecified atom stereocenters. The van der Waals surface area contributed by atoms with Crippen molar-refractivity contribution < 1.29 is 9.59 Å². The molecule has 3 heterocycles. The van der Waals surface area contributed by atoms with Crippen LogP contribution in [0.1, 0.15) is 29.8 Å². The quantitative estimate of drug-likeness (QED) is 0.765. The highest BCUT2D eigenvalue weighted by Crippen LogP contribution is 2.59. The maximum atomic E-state index is 12.5. The number of pyridine rings is 1. The number of amides is 2. The van der Waals surface area contributed by atoms with E-state index in [-0.39, 0.29) is 23.1 Å². The molecule has 5 nitrogen and oxygen atoms in total. The van der Waals surface area contributed by atoms with Crippen LogP contribution in [0.2, 0.25) is 0 Å². The van der Waals surface area contributed by atoms with Crippen molar-refractivity contribution in [1.29, 1.82) is 0 Å². The van der Waals surface area contributed by atoms with E-state index in [1.165, 1.54) is 0 Å².